The van der Waals surface area contributed by atoms with E-state index >= 15 is 0 Å². The third kappa shape index (κ3) is 2.71. The van der Waals surface area contributed by atoms with Gasteiger partial charge in [0.15, 0.2) is 0 Å². The van der Waals surface area contributed by atoms with Crippen molar-refractivity contribution in [2.75, 3.05) is 11.0 Å². The number of H-pyrrole nitrogens is 1. The van der Waals surface area contributed by atoms with Crippen molar-refractivity contribution in [1.82, 2.24) is 14.8 Å². The van der Waals surface area contributed by atoms with Crippen molar-refractivity contribution in [2.24, 2.45) is 0 Å². The fourth-order valence-electron chi connectivity index (χ4n) is 1.36. The Kier molecular flexibility index (Phi) is 3.14. The van der Waals surface area contributed by atoms with Gasteiger partial charge in [0.1, 0.15) is 6.33 Å². The van der Waals surface area contributed by atoms with E-state index in [9.17, 15) is 13.2 Å². The first-order valence-corrected chi connectivity index (χ1v) is 7.04. The Labute approximate surface area is 107 Å². The second kappa shape index (κ2) is 4.46. The van der Waals surface area contributed by atoms with Gasteiger partial charge in [-0.05, 0) is 18.2 Å². The highest BCUT2D eigenvalue weighted by Gasteiger charge is 2.09. The molecule has 2 N–H and O–H groups in total. The first kappa shape index (κ1) is 12.7. The summed E-state index contributed by atoms with van der Waals surface area (Å²) < 4.78 is 25.7. The van der Waals surface area contributed by atoms with Crippen LogP contribution in [0.1, 0.15) is 0 Å². The van der Waals surface area contributed by atoms with Gasteiger partial charge in [0.2, 0.25) is 10.0 Å². The van der Waals surface area contributed by atoms with Crippen LogP contribution in [0.15, 0.2) is 29.3 Å². The fourth-order valence-corrected chi connectivity index (χ4v) is 2.15. The van der Waals surface area contributed by atoms with Crippen molar-refractivity contribution in [3.8, 4) is 5.69 Å². The van der Waals surface area contributed by atoms with Gasteiger partial charge in [-0.1, -0.05) is 11.6 Å². The first-order chi connectivity index (χ1) is 8.37. The van der Waals surface area contributed by atoms with E-state index in [2.05, 4.69) is 14.8 Å². The predicted molar refractivity (Wildman–Crippen MR) is 67.7 cm³/mol. The maximum atomic E-state index is 11.4. The van der Waals surface area contributed by atoms with E-state index in [0.717, 1.165) is 10.9 Å². The van der Waals surface area contributed by atoms with Crippen LogP contribution in [0, 0.1) is 0 Å². The predicted octanol–water partition coefficient (Wildman–Crippen LogP) is 0.585. The number of nitrogens with one attached hydrogen (secondary N) is 2. The van der Waals surface area contributed by atoms with Crippen molar-refractivity contribution >= 4 is 27.3 Å². The summed E-state index contributed by atoms with van der Waals surface area (Å²) in [5, 5.41) is 4.01. The smallest absolute Gasteiger partial charge is 0.295 e. The Morgan fingerprint density at radius 3 is 2.72 bits per heavy atom. The van der Waals surface area contributed by atoms with Gasteiger partial charge >= 0.3 is 5.69 Å². The molecule has 0 unspecified atom stereocenters. The minimum absolute atomic E-state index is 0.187. The molecule has 1 aromatic carbocycles. The molecule has 1 heterocycles. The minimum Gasteiger partial charge on any atom is -0.295 e. The molecule has 0 aliphatic heterocycles. The van der Waals surface area contributed by atoms with E-state index in [1.54, 1.807) is 6.07 Å². The molecular weight excluding hydrogens is 280 g/mol. The van der Waals surface area contributed by atoms with Crippen LogP contribution < -0.4 is 10.4 Å². The summed E-state index contributed by atoms with van der Waals surface area (Å²) in [6.07, 6.45) is 2.25. The molecule has 0 aliphatic carbocycles. The van der Waals surface area contributed by atoms with Gasteiger partial charge in [-0.15, -0.1) is 0 Å². The van der Waals surface area contributed by atoms with Gasteiger partial charge in [-0.3, -0.25) is 9.71 Å². The fraction of sp³-hybridized carbons (Fsp3) is 0.111. The van der Waals surface area contributed by atoms with Gasteiger partial charge in [0, 0.05) is 0 Å². The van der Waals surface area contributed by atoms with Crippen LogP contribution in [-0.2, 0) is 10.0 Å². The lowest BCUT2D eigenvalue weighted by atomic mass is 10.3. The molecule has 1 aromatic heterocycles. The molecule has 2 aromatic rings. The monoisotopic (exact) mass is 288 g/mol. The van der Waals surface area contributed by atoms with Crippen LogP contribution in [0.4, 0.5) is 5.69 Å². The summed E-state index contributed by atoms with van der Waals surface area (Å²) in [6.45, 7) is 0. The number of halogens is 1. The van der Waals surface area contributed by atoms with E-state index in [1.165, 1.54) is 18.5 Å². The first-order valence-electron chi connectivity index (χ1n) is 4.77. The summed E-state index contributed by atoms with van der Waals surface area (Å²) in [5.74, 6) is 0. The van der Waals surface area contributed by atoms with Gasteiger partial charge in [0.25, 0.3) is 0 Å². The van der Waals surface area contributed by atoms with Crippen LogP contribution in [0.25, 0.3) is 5.69 Å². The molecular formula is C9H9ClN4O3S. The van der Waals surface area contributed by atoms with Gasteiger partial charge < -0.3 is 0 Å². The molecule has 0 amide bonds. The maximum Gasteiger partial charge on any atom is 0.347 e. The van der Waals surface area contributed by atoms with Crippen LogP contribution in [0.3, 0.4) is 0 Å². The Morgan fingerprint density at radius 1 is 1.44 bits per heavy atom. The van der Waals surface area contributed by atoms with E-state index in [0.29, 0.717) is 5.69 Å². The molecule has 0 saturated heterocycles. The zero-order valence-corrected chi connectivity index (χ0v) is 10.8. The number of anilines is 1. The SMILES string of the molecule is CS(=O)(=O)Nc1cc(-n2nc[nH]c2=O)ccc1Cl. The van der Waals surface area contributed by atoms with Crippen molar-refractivity contribution in [1.29, 1.82) is 0 Å². The lowest BCUT2D eigenvalue weighted by Crippen LogP contribution is -2.16. The van der Waals surface area contributed by atoms with Gasteiger partial charge in [0.05, 0.1) is 22.7 Å². The molecule has 0 aliphatic rings. The highest BCUT2D eigenvalue weighted by molar-refractivity contribution is 7.92. The van der Waals surface area contributed by atoms with Crippen molar-refractivity contribution in [2.45, 2.75) is 0 Å². The highest BCUT2D eigenvalue weighted by atomic mass is 35.5. The Morgan fingerprint density at radius 2 is 2.17 bits per heavy atom. The summed E-state index contributed by atoms with van der Waals surface area (Å²) in [6, 6.07) is 4.45. The van der Waals surface area contributed by atoms with E-state index in [1.807, 2.05) is 0 Å². The summed E-state index contributed by atoms with van der Waals surface area (Å²) in [7, 11) is -3.45. The molecule has 2 rings (SSSR count). The molecule has 0 saturated carbocycles. The van der Waals surface area contributed by atoms with Gasteiger partial charge in [-0.25, -0.2) is 13.2 Å². The molecule has 7 nitrogen and oxygen atoms in total. The van der Waals surface area contributed by atoms with Crippen LogP contribution >= 0.6 is 11.6 Å². The number of nitrogens with zero attached hydrogens (tertiary/aromatic N) is 2. The summed E-state index contributed by atoms with van der Waals surface area (Å²) in [5.41, 5.74) is 0.158. The maximum absolute atomic E-state index is 11.4. The number of aromatic amines is 1. The molecule has 0 fully saturated rings. The number of sulfonamides is 1. The van der Waals surface area contributed by atoms with Crippen LogP contribution in [-0.4, -0.2) is 29.4 Å². The lowest BCUT2D eigenvalue weighted by Gasteiger charge is -2.08. The largest absolute Gasteiger partial charge is 0.347 e. The molecule has 0 radical (unpaired) electrons. The van der Waals surface area contributed by atoms with Gasteiger partial charge in [-0.2, -0.15) is 9.78 Å². The Balaban J connectivity index is 2.51. The molecule has 0 atom stereocenters. The standard InChI is InChI=1S/C9H9ClN4O3S/c1-18(16,17)13-8-4-6(2-3-7(8)10)14-9(15)11-5-12-14/h2-5,13H,1H3,(H,11,12,15). The van der Waals surface area contributed by atoms with E-state index in [4.69, 9.17) is 11.6 Å². The molecule has 9 heteroatoms. The number of benzene rings is 1. The lowest BCUT2D eigenvalue weighted by molar-refractivity contribution is 0.607. The number of hydrogen-bond acceptors (Lipinski definition) is 4. The molecule has 18 heavy (non-hydrogen) atoms. The normalized spacial score (nSPS) is 11.4. The van der Waals surface area contributed by atoms with E-state index < -0.39 is 15.7 Å². The average Bonchev–Trinajstić information content (AvgIpc) is 2.66. The number of aromatic nitrogens is 3. The average molecular weight is 289 g/mol. The summed E-state index contributed by atoms with van der Waals surface area (Å²) in [4.78, 5) is 13.7. The third-order valence-electron chi connectivity index (χ3n) is 2.04. The van der Waals surface area contributed by atoms with Crippen molar-refractivity contribution < 1.29 is 8.42 Å². The zero-order valence-electron chi connectivity index (χ0n) is 9.21. The highest BCUT2D eigenvalue weighted by Crippen LogP contribution is 2.24. The molecule has 96 valence electrons. The van der Waals surface area contributed by atoms with Crippen LogP contribution in [0.5, 0.6) is 0 Å². The number of hydrogen-bond donors (Lipinski definition) is 2. The second-order valence-electron chi connectivity index (χ2n) is 3.54. The molecule has 0 spiro atoms. The van der Waals surface area contributed by atoms with Crippen molar-refractivity contribution in [3.05, 3.63) is 40.0 Å². The Hall–Kier alpha value is -1.80. The van der Waals surface area contributed by atoms with Crippen molar-refractivity contribution in [3.63, 3.8) is 0 Å². The Bertz CT molecular complexity index is 734. The zero-order chi connectivity index (χ0) is 13.3. The number of rotatable bonds is 3. The molecule has 0 bridgehead atoms. The second-order valence-corrected chi connectivity index (χ2v) is 5.70. The third-order valence-corrected chi connectivity index (χ3v) is 2.96. The quantitative estimate of drug-likeness (QED) is 0.863. The summed E-state index contributed by atoms with van der Waals surface area (Å²) >= 11 is 5.86. The minimum atomic E-state index is -3.45. The topological polar surface area (TPSA) is 96.8 Å². The van der Waals surface area contributed by atoms with Crippen LogP contribution in [0.2, 0.25) is 5.02 Å². The van der Waals surface area contributed by atoms with E-state index in [-0.39, 0.29) is 10.7 Å².